The van der Waals surface area contributed by atoms with Crippen LogP contribution in [0.2, 0.25) is 0 Å². The molecule has 2 saturated heterocycles. The molecule has 0 bridgehead atoms. The van der Waals surface area contributed by atoms with Crippen LogP contribution in [0.25, 0.3) is 0 Å². The third-order valence-corrected chi connectivity index (χ3v) is 9.15. The molecule has 0 unspecified atom stereocenters. The topological polar surface area (TPSA) is 78.0 Å². The van der Waals surface area contributed by atoms with Gasteiger partial charge in [-0.1, -0.05) is 30.3 Å². The van der Waals surface area contributed by atoms with E-state index < -0.39 is 15.4 Å². The summed E-state index contributed by atoms with van der Waals surface area (Å²) in [5.74, 6) is 0.193. The van der Waals surface area contributed by atoms with E-state index in [-0.39, 0.29) is 29.7 Å². The van der Waals surface area contributed by atoms with Crippen LogP contribution >= 0.6 is 0 Å². The third-order valence-electron chi connectivity index (χ3n) is 7.93. The summed E-state index contributed by atoms with van der Waals surface area (Å²) >= 11 is 0. The van der Waals surface area contributed by atoms with Crippen LogP contribution in [0.1, 0.15) is 31.2 Å². The number of piperidine rings is 1. The summed E-state index contributed by atoms with van der Waals surface area (Å²) < 4.78 is 26.2. The highest BCUT2D eigenvalue weighted by Crippen LogP contribution is 2.62. The normalized spacial score (nSPS) is 28.0. The number of hydrogen-bond acceptors (Lipinski definition) is 4. The van der Waals surface area contributed by atoms with Crippen molar-refractivity contribution >= 4 is 21.8 Å². The molecule has 7 nitrogen and oxygen atoms in total. The molecule has 31 heavy (non-hydrogen) atoms. The molecule has 1 saturated carbocycles. The molecule has 1 spiro atoms. The molecular formula is C23H33N3O4S. The standard InChI is InChI=1S/C23H33N3O4S/c1-24(2)21(28)23-10-9-22(19(23)16-26(17-23)31(3,29)30)11-13-25(14-12-22)20(27)15-18-7-5-4-6-8-18/h4-8,19H,9-17H2,1-3H3/t19-,23+/m0/s1. The Morgan fingerprint density at radius 1 is 1.06 bits per heavy atom. The zero-order chi connectivity index (χ0) is 22.4. The van der Waals surface area contributed by atoms with Gasteiger partial charge in [0.2, 0.25) is 21.8 Å². The van der Waals surface area contributed by atoms with Gasteiger partial charge in [0, 0.05) is 40.3 Å². The van der Waals surface area contributed by atoms with Gasteiger partial charge >= 0.3 is 0 Å². The van der Waals surface area contributed by atoms with E-state index in [1.807, 2.05) is 35.2 Å². The largest absolute Gasteiger partial charge is 0.348 e. The van der Waals surface area contributed by atoms with E-state index in [1.165, 1.54) is 10.6 Å². The van der Waals surface area contributed by atoms with E-state index in [1.54, 1.807) is 19.0 Å². The van der Waals surface area contributed by atoms with E-state index in [9.17, 15) is 18.0 Å². The molecule has 2 atom stereocenters. The molecule has 2 amide bonds. The summed E-state index contributed by atoms with van der Waals surface area (Å²) in [5.41, 5.74) is 0.307. The van der Waals surface area contributed by atoms with Crippen LogP contribution in [0.4, 0.5) is 0 Å². The summed E-state index contributed by atoms with van der Waals surface area (Å²) in [4.78, 5) is 29.6. The smallest absolute Gasteiger partial charge is 0.229 e. The van der Waals surface area contributed by atoms with Gasteiger partial charge in [0.25, 0.3) is 0 Å². The van der Waals surface area contributed by atoms with Gasteiger partial charge in [0.1, 0.15) is 0 Å². The highest BCUT2D eigenvalue weighted by atomic mass is 32.2. The van der Waals surface area contributed by atoms with E-state index in [2.05, 4.69) is 0 Å². The fourth-order valence-corrected chi connectivity index (χ4v) is 7.14. The molecule has 0 aromatic heterocycles. The minimum Gasteiger partial charge on any atom is -0.348 e. The van der Waals surface area contributed by atoms with Gasteiger partial charge in [-0.15, -0.1) is 0 Å². The first-order chi connectivity index (χ1) is 14.6. The van der Waals surface area contributed by atoms with Gasteiger partial charge in [-0.05, 0) is 42.6 Å². The van der Waals surface area contributed by atoms with Crippen molar-refractivity contribution in [2.45, 2.75) is 32.1 Å². The fourth-order valence-electron chi connectivity index (χ4n) is 6.25. The molecule has 1 aromatic rings. The van der Waals surface area contributed by atoms with Crippen LogP contribution in [0, 0.1) is 16.7 Å². The first-order valence-corrected chi connectivity index (χ1v) is 12.9. The molecule has 170 valence electrons. The second-order valence-corrected chi connectivity index (χ2v) is 11.9. The number of nitrogens with zero attached hydrogens (tertiary/aromatic N) is 3. The SMILES string of the molecule is CN(C)C(=O)[C@@]12CCC3(CCN(C(=O)Cc4ccccc4)CC3)[C@@H]1CN(S(C)(=O)=O)C2. The number of carbonyl (C=O) groups is 2. The Labute approximate surface area is 185 Å². The quantitative estimate of drug-likeness (QED) is 0.702. The lowest BCUT2D eigenvalue weighted by atomic mass is 9.65. The molecule has 1 aromatic carbocycles. The Kier molecular flexibility index (Phi) is 5.67. The van der Waals surface area contributed by atoms with Crippen LogP contribution in [-0.2, 0) is 26.0 Å². The lowest BCUT2D eigenvalue weighted by Crippen LogP contribution is -2.49. The predicted octanol–water partition coefficient (Wildman–Crippen LogP) is 1.60. The van der Waals surface area contributed by atoms with Gasteiger partial charge in [-0.3, -0.25) is 9.59 Å². The second-order valence-electron chi connectivity index (χ2n) is 9.87. The van der Waals surface area contributed by atoms with Crippen molar-refractivity contribution in [3.8, 4) is 0 Å². The summed E-state index contributed by atoms with van der Waals surface area (Å²) in [5, 5.41) is 0. The molecule has 0 radical (unpaired) electrons. The number of carbonyl (C=O) groups excluding carboxylic acids is 2. The van der Waals surface area contributed by atoms with Gasteiger partial charge in [0.15, 0.2) is 0 Å². The van der Waals surface area contributed by atoms with E-state index in [0.29, 0.717) is 26.1 Å². The predicted molar refractivity (Wildman–Crippen MR) is 119 cm³/mol. The minimum atomic E-state index is -3.36. The van der Waals surface area contributed by atoms with Crippen LogP contribution in [-0.4, -0.2) is 80.9 Å². The van der Waals surface area contributed by atoms with Crippen molar-refractivity contribution < 1.29 is 18.0 Å². The Morgan fingerprint density at radius 2 is 1.71 bits per heavy atom. The van der Waals surface area contributed by atoms with Crippen molar-refractivity contribution in [1.29, 1.82) is 0 Å². The molecule has 3 aliphatic rings. The average Bonchev–Trinajstić information content (AvgIpc) is 3.26. The van der Waals surface area contributed by atoms with Crippen LogP contribution < -0.4 is 0 Å². The number of sulfonamides is 1. The van der Waals surface area contributed by atoms with Crippen molar-refractivity contribution in [1.82, 2.24) is 14.1 Å². The monoisotopic (exact) mass is 447 g/mol. The second kappa shape index (κ2) is 7.89. The number of hydrogen-bond donors (Lipinski definition) is 0. The molecule has 3 fully saturated rings. The van der Waals surface area contributed by atoms with E-state index >= 15 is 0 Å². The molecule has 4 rings (SSSR count). The maximum atomic E-state index is 13.3. The molecule has 2 heterocycles. The number of rotatable bonds is 4. The van der Waals surface area contributed by atoms with Crippen molar-refractivity contribution in [3.63, 3.8) is 0 Å². The van der Waals surface area contributed by atoms with E-state index in [4.69, 9.17) is 0 Å². The lowest BCUT2D eigenvalue weighted by Gasteiger charge is -2.44. The van der Waals surface area contributed by atoms with Gasteiger partial charge < -0.3 is 9.80 Å². The third kappa shape index (κ3) is 3.89. The molecular weight excluding hydrogens is 414 g/mol. The summed E-state index contributed by atoms with van der Waals surface area (Å²) in [7, 11) is 0.156. The summed E-state index contributed by atoms with van der Waals surface area (Å²) in [6.45, 7) is 2.04. The van der Waals surface area contributed by atoms with Gasteiger partial charge in [0.05, 0.1) is 18.1 Å². The molecule has 8 heteroatoms. The van der Waals surface area contributed by atoms with Crippen LogP contribution in [0.15, 0.2) is 30.3 Å². The Morgan fingerprint density at radius 3 is 2.29 bits per heavy atom. The molecule has 1 aliphatic carbocycles. The summed E-state index contributed by atoms with van der Waals surface area (Å²) in [6, 6.07) is 9.78. The van der Waals surface area contributed by atoms with E-state index in [0.717, 1.165) is 31.2 Å². The van der Waals surface area contributed by atoms with Gasteiger partial charge in [-0.25, -0.2) is 12.7 Å². The maximum absolute atomic E-state index is 13.3. The van der Waals surface area contributed by atoms with Crippen LogP contribution in [0.5, 0.6) is 0 Å². The number of benzene rings is 1. The number of likely N-dealkylation sites (tertiary alicyclic amines) is 1. The zero-order valence-corrected chi connectivity index (χ0v) is 19.5. The highest BCUT2D eigenvalue weighted by molar-refractivity contribution is 7.88. The first-order valence-electron chi connectivity index (χ1n) is 11.1. The fraction of sp³-hybridized carbons (Fsp3) is 0.652. The maximum Gasteiger partial charge on any atom is 0.229 e. The number of amides is 2. The Hall–Kier alpha value is -1.93. The first kappa shape index (κ1) is 22.3. The van der Waals surface area contributed by atoms with Crippen molar-refractivity contribution in [2.24, 2.45) is 16.7 Å². The van der Waals surface area contributed by atoms with Crippen molar-refractivity contribution in [2.75, 3.05) is 46.5 Å². The molecule has 0 N–H and O–H groups in total. The Balaban J connectivity index is 1.51. The van der Waals surface area contributed by atoms with Gasteiger partial charge in [-0.2, -0.15) is 0 Å². The minimum absolute atomic E-state index is 0.0102. The number of fused-ring (bicyclic) bond motifs is 2. The lowest BCUT2D eigenvalue weighted by molar-refractivity contribution is -0.142. The highest BCUT2D eigenvalue weighted by Gasteiger charge is 2.65. The zero-order valence-electron chi connectivity index (χ0n) is 18.7. The summed E-state index contributed by atoms with van der Waals surface area (Å²) in [6.07, 6.45) is 4.95. The average molecular weight is 448 g/mol. The molecule has 2 aliphatic heterocycles. The van der Waals surface area contributed by atoms with Crippen molar-refractivity contribution in [3.05, 3.63) is 35.9 Å². The Bertz CT molecular complexity index is 954. The van der Waals surface area contributed by atoms with Crippen LogP contribution in [0.3, 0.4) is 0 Å².